The largest absolute Gasteiger partial charge is 0.448 e. The highest BCUT2D eigenvalue weighted by atomic mass is 16.5. The first-order chi connectivity index (χ1) is 7.46. The van der Waals surface area contributed by atoms with Crippen LogP contribution in [0.15, 0.2) is 47.6 Å². The van der Waals surface area contributed by atoms with E-state index in [9.17, 15) is 4.79 Å². The van der Waals surface area contributed by atoms with E-state index in [1.54, 1.807) is 6.26 Å². The fourth-order valence-corrected chi connectivity index (χ4v) is 1.71. The van der Waals surface area contributed by atoms with Crippen LogP contribution in [-0.4, -0.2) is 5.91 Å². The minimum atomic E-state index is -0.130. The molecule has 1 heterocycles. The summed E-state index contributed by atoms with van der Waals surface area (Å²) in [6.45, 7) is 5.73. The number of carbonyl (C=O) groups is 1. The lowest BCUT2D eigenvalue weighted by atomic mass is 9.83. The fraction of sp³-hybridized carbons (Fsp3) is 0.308. The van der Waals surface area contributed by atoms with Crippen molar-refractivity contribution in [2.75, 3.05) is 0 Å². The number of hydrogen-bond donors (Lipinski definition) is 1. The van der Waals surface area contributed by atoms with Gasteiger partial charge in [0.05, 0.1) is 0 Å². The normalized spacial score (nSPS) is 21.1. The van der Waals surface area contributed by atoms with Gasteiger partial charge in [0.15, 0.2) is 5.88 Å². The molecule has 0 radical (unpaired) electrons. The Morgan fingerprint density at radius 1 is 1.38 bits per heavy atom. The Bertz CT molecular complexity index is 451. The number of fused-ring (bicyclic) bond motifs is 1. The van der Waals surface area contributed by atoms with Gasteiger partial charge in [0.1, 0.15) is 6.26 Å². The number of nitrogens with one attached hydrogen (secondary N) is 1. The van der Waals surface area contributed by atoms with Gasteiger partial charge in [-0.15, -0.1) is 0 Å². The number of allylic oxidation sites excluding steroid dienone is 6. The molecule has 0 saturated carbocycles. The van der Waals surface area contributed by atoms with Gasteiger partial charge in [-0.25, -0.2) is 0 Å². The quantitative estimate of drug-likeness (QED) is 0.732. The van der Waals surface area contributed by atoms with Crippen LogP contribution in [0.1, 0.15) is 20.8 Å². The fourth-order valence-electron chi connectivity index (χ4n) is 1.71. The molecule has 2 rings (SSSR count). The predicted octanol–water partition coefficient (Wildman–Crippen LogP) is 2.40. The Kier molecular flexibility index (Phi) is 2.46. The van der Waals surface area contributed by atoms with Gasteiger partial charge >= 0.3 is 0 Å². The van der Waals surface area contributed by atoms with Gasteiger partial charge in [-0.1, -0.05) is 32.1 Å². The molecule has 16 heavy (non-hydrogen) atoms. The molecule has 0 unspecified atom stereocenters. The lowest BCUT2D eigenvalue weighted by Gasteiger charge is -2.25. The van der Waals surface area contributed by atoms with Crippen LogP contribution in [0.2, 0.25) is 0 Å². The molecule has 84 valence electrons. The van der Waals surface area contributed by atoms with Crippen LogP contribution < -0.4 is 5.32 Å². The molecule has 0 bridgehead atoms. The maximum absolute atomic E-state index is 10.9. The highest BCUT2D eigenvalue weighted by Crippen LogP contribution is 2.33. The first kappa shape index (κ1) is 10.7. The molecule has 0 aromatic carbocycles. The smallest absolute Gasteiger partial charge is 0.223 e. The van der Waals surface area contributed by atoms with Gasteiger partial charge in [0.2, 0.25) is 5.91 Å². The van der Waals surface area contributed by atoms with E-state index in [0.29, 0.717) is 5.88 Å². The third kappa shape index (κ3) is 2.24. The topological polar surface area (TPSA) is 38.3 Å². The molecule has 0 aromatic heterocycles. The number of carbonyl (C=O) groups excluding carboxylic acids is 1. The summed E-state index contributed by atoms with van der Waals surface area (Å²) in [5.41, 5.74) is 2.16. The van der Waals surface area contributed by atoms with Crippen molar-refractivity contribution >= 4 is 5.91 Å². The van der Waals surface area contributed by atoms with Crippen molar-refractivity contribution in [1.29, 1.82) is 0 Å². The van der Waals surface area contributed by atoms with Gasteiger partial charge in [-0.05, 0) is 5.57 Å². The Hall–Kier alpha value is -1.77. The summed E-state index contributed by atoms with van der Waals surface area (Å²) in [5, 5.41) is 2.63. The van der Waals surface area contributed by atoms with E-state index >= 15 is 0 Å². The van der Waals surface area contributed by atoms with E-state index in [2.05, 4.69) is 31.3 Å². The van der Waals surface area contributed by atoms with Crippen molar-refractivity contribution in [3.63, 3.8) is 0 Å². The van der Waals surface area contributed by atoms with Crippen molar-refractivity contribution in [1.82, 2.24) is 5.32 Å². The van der Waals surface area contributed by atoms with E-state index < -0.39 is 0 Å². The molecule has 3 heteroatoms. The van der Waals surface area contributed by atoms with Crippen LogP contribution in [0.5, 0.6) is 0 Å². The predicted molar refractivity (Wildman–Crippen MR) is 62.1 cm³/mol. The average molecular weight is 217 g/mol. The summed E-state index contributed by atoms with van der Waals surface area (Å²) in [7, 11) is 0. The van der Waals surface area contributed by atoms with Gasteiger partial charge in [0.25, 0.3) is 0 Å². The lowest BCUT2D eigenvalue weighted by molar-refractivity contribution is -0.118. The summed E-state index contributed by atoms with van der Waals surface area (Å²) in [5.74, 6) is 0.350. The van der Waals surface area contributed by atoms with Crippen LogP contribution in [0.3, 0.4) is 0 Å². The third-order valence-corrected chi connectivity index (χ3v) is 2.45. The van der Waals surface area contributed by atoms with E-state index in [1.807, 2.05) is 12.2 Å². The summed E-state index contributed by atoms with van der Waals surface area (Å²) in [4.78, 5) is 10.9. The number of hydrogen-bond acceptors (Lipinski definition) is 2. The zero-order valence-corrected chi connectivity index (χ0v) is 9.70. The van der Waals surface area contributed by atoms with E-state index in [1.165, 1.54) is 6.92 Å². The second kappa shape index (κ2) is 3.67. The molecule has 0 aromatic rings. The van der Waals surface area contributed by atoms with Crippen molar-refractivity contribution in [2.24, 2.45) is 5.41 Å². The Balaban J connectivity index is 2.26. The van der Waals surface area contributed by atoms with E-state index in [0.717, 1.165) is 11.1 Å². The highest BCUT2D eigenvalue weighted by Gasteiger charge is 2.20. The monoisotopic (exact) mass is 217 g/mol. The summed E-state index contributed by atoms with van der Waals surface area (Å²) < 4.78 is 5.30. The van der Waals surface area contributed by atoms with Gasteiger partial charge in [-0.3, -0.25) is 10.1 Å². The number of ether oxygens (including phenoxy) is 1. The molecule has 0 saturated heterocycles. The third-order valence-electron chi connectivity index (χ3n) is 2.45. The number of rotatable bonds is 1. The van der Waals surface area contributed by atoms with Crippen LogP contribution in [0, 0.1) is 5.41 Å². The minimum absolute atomic E-state index is 0.0435. The molecular weight excluding hydrogens is 202 g/mol. The molecule has 3 nitrogen and oxygen atoms in total. The number of amides is 1. The maximum atomic E-state index is 10.9. The van der Waals surface area contributed by atoms with Crippen molar-refractivity contribution in [3.8, 4) is 0 Å². The summed E-state index contributed by atoms with van der Waals surface area (Å²) >= 11 is 0. The molecular formula is C13H15NO2. The standard InChI is InChI=1S/C13H15NO2/c1-9(15)14-12-6-11-7-13(2,3)5-4-10(11)8-16-12/h4-8H,1-3H3,(H,14,15). The molecule has 0 atom stereocenters. The lowest BCUT2D eigenvalue weighted by Crippen LogP contribution is -2.22. The average Bonchev–Trinajstić information content (AvgIpc) is 2.14. The zero-order chi connectivity index (χ0) is 11.8. The first-order valence-electron chi connectivity index (χ1n) is 5.25. The maximum Gasteiger partial charge on any atom is 0.223 e. The zero-order valence-electron chi connectivity index (χ0n) is 9.70. The Morgan fingerprint density at radius 2 is 2.12 bits per heavy atom. The van der Waals surface area contributed by atoms with Crippen LogP contribution >= 0.6 is 0 Å². The minimum Gasteiger partial charge on any atom is -0.448 e. The Labute approximate surface area is 95.2 Å². The van der Waals surface area contributed by atoms with Gasteiger partial charge in [0, 0.05) is 24.0 Å². The van der Waals surface area contributed by atoms with Crippen LogP contribution in [0.25, 0.3) is 0 Å². The molecule has 1 aliphatic carbocycles. The molecule has 0 fully saturated rings. The van der Waals surface area contributed by atoms with Crippen LogP contribution in [-0.2, 0) is 9.53 Å². The molecule has 1 amide bonds. The Morgan fingerprint density at radius 3 is 2.81 bits per heavy atom. The van der Waals surface area contributed by atoms with Crippen molar-refractivity contribution in [3.05, 3.63) is 47.6 Å². The van der Waals surface area contributed by atoms with Gasteiger partial charge in [-0.2, -0.15) is 0 Å². The first-order valence-corrected chi connectivity index (χ1v) is 5.25. The van der Waals surface area contributed by atoms with Crippen molar-refractivity contribution < 1.29 is 9.53 Å². The summed E-state index contributed by atoms with van der Waals surface area (Å²) in [6, 6.07) is 0. The molecule has 0 spiro atoms. The second-order valence-electron chi connectivity index (χ2n) is 4.64. The highest BCUT2D eigenvalue weighted by molar-refractivity contribution is 5.75. The van der Waals surface area contributed by atoms with Crippen LogP contribution in [0.4, 0.5) is 0 Å². The van der Waals surface area contributed by atoms with E-state index in [4.69, 9.17) is 4.74 Å². The van der Waals surface area contributed by atoms with Crippen molar-refractivity contribution in [2.45, 2.75) is 20.8 Å². The SMILES string of the molecule is CC(=O)NC1=CC2=CC(C)(C)C=CC2=CO1. The second-order valence-corrected chi connectivity index (χ2v) is 4.64. The molecule has 2 aliphatic rings. The van der Waals surface area contributed by atoms with E-state index in [-0.39, 0.29) is 11.3 Å². The molecule has 1 aliphatic heterocycles. The summed E-state index contributed by atoms with van der Waals surface area (Å²) in [6.07, 6.45) is 9.83. The van der Waals surface area contributed by atoms with Gasteiger partial charge < -0.3 is 4.74 Å². The molecule has 1 N–H and O–H groups in total.